The standard InChI is InChI=1S/C22H28N2O3S/c1-17(2)21(18-9-5-3-6-10-18)23-22(25)19-11-13-20(14-12-19)28(26,27)24-15-7-4-8-16-24/h3,5-6,9-14,17,21H,4,7-8,15-16H2,1-2H3,(H,23,25)/t21-/m1/s1. The van der Waals surface area contributed by atoms with Gasteiger partial charge in [0.25, 0.3) is 5.91 Å². The van der Waals surface area contributed by atoms with Gasteiger partial charge in [0, 0.05) is 18.7 Å². The van der Waals surface area contributed by atoms with Crippen molar-refractivity contribution in [2.75, 3.05) is 13.1 Å². The molecule has 0 radical (unpaired) electrons. The second-order valence-electron chi connectivity index (χ2n) is 7.59. The average Bonchev–Trinajstić information content (AvgIpc) is 2.73. The maximum Gasteiger partial charge on any atom is 0.251 e. The Hall–Kier alpha value is -2.18. The van der Waals surface area contributed by atoms with Gasteiger partial charge in [-0.25, -0.2) is 8.42 Å². The molecule has 1 fully saturated rings. The van der Waals surface area contributed by atoms with E-state index in [2.05, 4.69) is 19.2 Å². The molecule has 0 unspecified atom stereocenters. The van der Waals surface area contributed by atoms with Crippen LogP contribution >= 0.6 is 0 Å². The van der Waals surface area contributed by atoms with E-state index in [0.29, 0.717) is 18.7 Å². The number of carbonyl (C=O) groups is 1. The number of benzene rings is 2. The van der Waals surface area contributed by atoms with Crippen LogP contribution in [0.5, 0.6) is 0 Å². The van der Waals surface area contributed by atoms with E-state index in [4.69, 9.17) is 0 Å². The molecule has 1 saturated heterocycles. The fourth-order valence-corrected chi connectivity index (χ4v) is 5.07. The molecule has 28 heavy (non-hydrogen) atoms. The summed E-state index contributed by atoms with van der Waals surface area (Å²) in [7, 11) is -3.48. The van der Waals surface area contributed by atoms with Gasteiger partial charge in [0.05, 0.1) is 10.9 Å². The average molecular weight is 401 g/mol. The minimum atomic E-state index is -3.48. The van der Waals surface area contributed by atoms with Crippen molar-refractivity contribution >= 4 is 15.9 Å². The molecule has 1 heterocycles. The Kier molecular flexibility index (Phi) is 6.52. The van der Waals surface area contributed by atoms with E-state index in [1.54, 1.807) is 12.1 Å². The van der Waals surface area contributed by atoms with Crippen LogP contribution in [0, 0.1) is 5.92 Å². The molecule has 0 spiro atoms. The second-order valence-corrected chi connectivity index (χ2v) is 9.53. The lowest BCUT2D eigenvalue weighted by atomic mass is 9.95. The third-order valence-corrected chi connectivity index (χ3v) is 7.09. The first-order valence-corrected chi connectivity index (χ1v) is 11.3. The molecular weight excluding hydrogens is 372 g/mol. The maximum atomic E-state index is 12.7. The fraction of sp³-hybridized carbons (Fsp3) is 0.409. The van der Waals surface area contributed by atoms with E-state index in [-0.39, 0.29) is 22.8 Å². The van der Waals surface area contributed by atoms with Gasteiger partial charge in [-0.3, -0.25) is 4.79 Å². The van der Waals surface area contributed by atoms with E-state index >= 15 is 0 Å². The summed E-state index contributed by atoms with van der Waals surface area (Å²) in [6, 6.07) is 16.0. The Morgan fingerprint density at radius 3 is 2.11 bits per heavy atom. The summed E-state index contributed by atoms with van der Waals surface area (Å²) in [6.07, 6.45) is 2.87. The lowest BCUT2D eigenvalue weighted by Crippen LogP contribution is -2.35. The number of hydrogen-bond acceptors (Lipinski definition) is 3. The van der Waals surface area contributed by atoms with Gasteiger partial charge < -0.3 is 5.32 Å². The molecule has 1 aliphatic rings. The van der Waals surface area contributed by atoms with Crippen molar-refractivity contribution < 1.29 is 13.2 Å². The van der Waals surface area contributed by atoms with E-state index in [1.807, 2.05) is 30.3 Å². The normalized spacial score (nSPS) is 16.7. The highest BCUT2D eigenvalue weighted by Gasteiger charge is 2.26. The summed E-state index contributed by atoms with van der Waals surface area (Å²) in [6.45, 7) is 5.26. The van der Waals surface area contributed by atoms with Crippen molar-refractivity contribution in [1.29, 1.82) is 0 Å². The molecule has 0 bridgehead atoms. The van der Waals surface area contributed by atoms with Crippen LogP contribution in [0.3, 0.4) is 0 Å². The lowest BCUT2D eigenvalue weighted by molar-refractivity contribution is 0.0925. The van der Waals surface area contributed by atoms with Crippen LogP contribution in [0.25, 0.3) is 0 Å². The van der Waals surface area contributed by atoms with Gasteiger partial charge in [-0.15, -0.1) is 0 Å². The summed E-state index contributed by atoms with van der Waals surface area (Å²) in [5.41, 5.74) is 1.51. The fourth-order valence-electron chi connectivity index (χ4n) is 3.55. The minimum Gasteiger partial charge on any atom is -0.345 e. The van der Waals surface area contributed by atoms with Crippen LogP contribution in [-0.2, 0) is 10.0 Å². The molecule has 6 heteroatoms. The molecule has 1 amide bonds. The molecule has 1 atom stereocenters. The van der Waals surface area contributed by atoms with Gasteiger partial charge in [-0.1, -0.05) is 50.6 Å². The van der Waals surface area contributed by atoms with Crippen LogP contribution in [-0.4, -0.2) is 31.7 Å². The zero-order chi connectivity index (χ0) is 20.1. The highest BCUT2D eigenvalue weighted by Crippen LogP contribution is 2.23. The monoisotopic (exact) mass is 400 g/mol. The van der Waals surface area contributed by atoms with Crippen LogP contribution in [0.15, 0.2) is 59.5 Å². The maximum absolute atomic E-state index is 12.7. The molecule has 2 aromatic carbocycles. The third kappa shape index (κ3) is 4.62. The molecule has 150 valence electrons. The summed E-state index contributed by atoms with van der Waals surface area (Å²) in [5, 5.41) is 3.07. The minimum absolute atomic E-state index is 0.106. The van der Waals surface area contributed by atoms with E-state index in [9.17, 15) is 13.2 Å². The third-order valence-electron chi connectivity index (χ3n) is 5.18. The Balaban J connectivity index is 1.74. The van der Waals surface area contributed by atoms with Gasteiger partial charge in [0.15, 0.2) is 0 Å². The quantitative estimate of drug-likeness (QED) is 0.797. The number of sulfonamides is 1. The summed E-state index contributed by atoms with van der Waals surface area (Å²) >= 11 is 0. The largest absolute Gasteiger partial charge is 0.345 e. The van der Waals surface area contributed by atoms with Gasteiger partial charge in [-0.2, -0.15) is 4.31 Å². The Bertz CT molecular complexity index is 887. The summed E-state index contributed by atoms with van der Waals surface area (Å²) in [5.74, 6) is 0.0228. The van der Waals surface area contributed by atoms with Crippen LogP contribution in [0.4, 0.5) is 0 Å². The molecule has 1 N–H and O–H groups in total. The predicted octanol–water partition coefficient (Wildman–Crippen LogP) is 3.99. The summed E-state index contributed by atoms with van der Waals surface area (Å²) in [4.78, 5) is 13.0. The molecule has 5 nitrogen and oxygen atoms in total. The number of piperidine rings is 1. The van der Waals surface area contributed by atoms with Crippen molar-refractivity contribution in [3.63, 3.8) is 0 Å². The van der Waals surface area contributed by atoms with Gasteiger partial charge >= 0.3 is 0 Å². The zero-order valence-electron chi connectivity index (χ0n) is 16.5. The molecule has 2 aromatic rings. The number of hydrogen-bond donors (Lipinski definition) is 1. The van der Waals surface area contributed by atoms with Gasteiger partial charge in [-0.05, 0) is 48.6 Å². The van der Waals surface area contributed by atoms with Crippen LogP contribution in [0.2, 0.25) is 0 Å². The first-order valence-electron chi connectivity index (χ1n) is 9.85. The Morgan fingerprint density at radius 2 is 1.54 bits per heavy atom. The zero-order valence-corrected chi connectivity index (χ0v) is 17.3. The van der Waals surface area contributed by atoms with E-state index in [1.165, 1.54) is 16.4 Å². The molecular formula is C22H28N2O3S. The van der Waals surface area contributed by atoms with Crippen molar-refractivity contribution in [2.45, 2.75) is 44.0 Å². The Morgan fingerprint density at radius 1 is 0.929 bits per heavy atom. The van der Waals surface area contributed by atoms with Crippen LogP contribution in [0.1, 0.15) is 55.1 Å². The second kappa shape index (κ2) is 8.88. The highest BCUT2D eigenvalue weighted by atomic mass is 32.2. The number of nitrogens with zero attached hydrogens (tertiary/aromatic N) is 1. The van der Waals surface area contributed by atoms with Crippen molar-refractivity contribution in [3.8, 4) is 0 Å². The van der Waals surface area contributed by atoms with E-state index < -0.39 is 10.0 Å². The number of nitrogens with one attached hydrogen (secondary N) is 1. The molecule has 3 rings (SSSR count). The predicted molar refractivity (Wildman–Crippen MR) is 111 cm³/mol. The van der Waals surface area contributed by atoms with Gasteiger partial charge in [0.2, 0.25) is 10.0 Å². The molecule has 0 aliphatic carbocycles. The van der Waals surface area contributed by atoms with Gasteiger partial charge in [0.1, 0.15) is 0 Å². The highest BCUT2D eigenvalue weighted by molar-refractivity contribution is 7.89. The van der Waals surface area contributed by atoms with Crippen molar-refractivity contribution in [3.05, 3.63) is 65.7 Å². The number of rotatable bonds is 6. The topological polar surface area (TPSA) is 66.5 Å². The first kappa shape index (κ1) is 20.6. The first-order chi connectivity index (χ1) is 13.4. The Labute approximate surface area is 167 Å². The molecule has 0 saturated carbocycles. The van der Waals surface area contributed by atoms with E-state index in [0.717, 1.165) is 24.8 Å². The number of carbonyl (C=O) groups excluding carboxylic acids is 1. The van der Waals surface area contributed by atoms with Crippen LogP contribution < -0.4 is 5.32 Å². The smallest absolute Gasteiger partial charge is 0.251 e. The molecule has 1 aliphatic heterocycles. The lowest BCUT2D eigenvalue weighted by Gasteiger charge is -2.26. The van der Waals surface area contributed by atoms with Crippen molar-refractivity contribution in [1.82, 2.24) is 9.62 Å². The summed E-state index contributed by atoms with van der Waals surface area (Å²) < 4.78 is 27.0. The SMILES string of the molecule is CC(C)[C@@H](NC(=O)c1ccc(S(=O)(=O)N2CCCCC2)cc1)c1ccccc1. The van der Waals surface area contributed by atoms with Crippen molar-refractivity contribution in [2.24, 2.45) is 5.92 Å². The number of amides is 1. The molecule has 0 aromatic heterocycles.